The Labute approximate surface area is 110 Å². The van der Waals surface area contributed by atoms with Crippen LogP contribution in [0.15, 0.2) is 42.5 Å². The summed E-state index contributed by atoms with van der Waals surface area (Å²) in [6.45, 7) is 1.63. The van der Waals surface area contributed by atoms with Gasteiger partial charge in [-0.2, -0.15) is 0 Å². The standard InChI is InChI=1S/C15H13FO3/c1-10-6-7-12(14(17)8-10)15(18)19-9-11-4-2-3-5-13(11)16/h2-8,17H,9H2,1H3. The Morgan fingerprint density at radius 3 is 2.68 bits per heavy atom. The van der Waals surface area contributed by atoms with E-state index in [1.807, 2.05) is 0 Å². The van der Waals surface area contributed by atoms with Gasteiger partial charge in [0.05, 0.1) is 0 Å². The van der Waals surface area contributed by atoms with Crippen molar-refractivity contribution in [3.63, 3.8) is 0 Å². The minimum atomic E-state index is -0.680. The van der Waals surface area contributed by atoms with Gasteiger partial charge in [-0.05, 0) is 30.7 Å². The molecule has 98 valence electrons. The van der Waals surface area contributed by atoms with Crippen molar-refractivity contribution in [2.75, 3.05) is 0 Å². The molecule has 0 aliphatic heterocycles. The first kappa shape index (κ1) is 13.1. The van der Waals surface area contributed by atoms with Crippen LogP contribution in [0.4, 0.5) is 4.39 Å². The summed E-state index contributed by atoms with van der Waals surface area (Å²) < 4.78 is 18.3. The average molecular weight is 260 g/mol. The molecule has 0 unspecified atom stereocenters. The number of phenols is 1. The van der Waals surface area contributed by atoms with Gasteiger partial charge in [0.25, 0.3) is 0 Å². The normalized spacial score (nSPS) is 10.2. The number of aryl methyl sites for hydroxylation is 1. The molecule has 0 heterocycles. The monoisotopic (exact) mass is 260 g/mol. The second kappa shape index (κ2) is 5.52. The molecule has 0 aliphatic rings. The lowest BCUT2D eigenvalue weighted by atomic mass is 10.1. The van der Waals surface area contributed by atoms with Gasteiger partial charge in [-0.1, -0.05) is 24.3 Å². The van der Waals surface area contributed by atoms with Gasteiger partial charge in [-0.15, -0.1) is 0 Å². The van der Waals surface area contributed by atoms with Gasteiger partial charge in [0, 0.05) is 5.56 Å². The Bertz CT molecular complexity index is 608. The lowest BCUT2D eigenvalue weighted by molar-refractivity contribution is 0.0465. The average Bonchev–Trinajstić information content (AvgIpc) is 2.37. The van der Waals surface area contributed by atoms with Crippen molar-refractivity contribution in [1.29, 1.82) is 0 Å². The number of carbonyl (C=O) groups is 1. The van der Waals surface area contributed by atoms with Crippen molar-refractivity contribution in [2.24, 2.45) is 0 Å². The van der Waals surface area contributed by atoms with Gasteiger partial charge in [0.1, 0.15) is 23.7 Å². The second-order valence-electron chi connectivity index (χ2n) is 4.19. The zero-order valence-corrected chi connectivity index (χ0v) is 10.4. The first-order valence-corrected chi connectivity index (χ1v) is 5.78. The van der Waals surface area contributed by atoms with Crippen LogP contribution in [-0.2, 0) is 11.3 Å². The summed E-state index contributed by atoms with van der Waals surface area (Å²) in [5.74, 6) is -1.25. The Balaban J connectivity index is 2.08. The molecule has 2 aromatic rings. The molecule has 2 rings (SSSR count). The zero-order chi connectivity index (χ0) is 13.8. The highest BCUT2D eigenvalue weighted by Crippen LogP contribution is 2.20. The molecule has 0 atom stereocenters. The lowest BCUT2D eigenvalue weighted by Gasteiger charge is -2.07. The number of hydrogen-bond donors (Lipinski definition) is 1. The molecule has 0 radical (unpaired) electrons. The number of esters is 1. The van der Waals surface area contributed by atoms with Gasteiger partial charge in [0.2, 0.25) is 0 Å². The molecule has 0 saturated carbocycles. The summed E-state index contributed by atoms with van der Waals surface area (Å²) in [7, 11) is 0. The smallest absolute Gasteiger partial charge is 0.342 e. The predicted octanol–water partition coefficient (Wildman–Crippen LogP) is 3.20. The molecule has 0 aliphatic carbocycles. The number of hydrogen-bond acceptors (Lipinski definition) is 3. The largest absolute Gasteiger partial charge is 0.507 e. The van der Waals surface area contributed by atoms with Crippen LogP contribution in [0.1, 0.15) is 21.5 Å². The van der Waals surface area contributed by atoms with Gasteiger partial charge in [-0.3, -0.25) is 0 Å². The molecule has 3 nitrogen and oxygen atoms in total. The number of carbonyl (C=O) groups excluding carboxylic acids is 1. The lowest BCUT2D eigenvalue weighted by Crippen LogP contribution is -2.06. The minimum Gasteiger partial charge on any atom is -0.507 e. The highest BCUT2D eigenvalue weighted by molar-refractivity contribution is 5.92. The summed E-state index contributed by atoms with van der Waals surface area (Å²) in [6.07, 6.45) is 0. The summed E-state index contributed by atoms with van der Waals surface area (Å²) in [5.41, 5.74) is 1.20. The molecule has 0 spiro atoms. The number of aromatic hydroxyl groups is 1. The minimum absolute atomic E-state index is 0.0712. The molecule has 19 heavy (non-hydrogen) atoms. The van der Waals surface area contributed by atoms with Gasteiger partial charge < -0.3 is 9.84 Å². The Kier molecular flexibility index (Phi) is 3.80. The van der Waals surface area contributed by atoms with E-state index in [9.17, 15) is 14.3 Å². The van der Waals surface area contributed by atoms with Crippen LogP contribution >= 0.6 is 0 Å². The number of rotatable bonds is 3. The van der Waals surface area contributed by atoms with Crippen LogP contribution in [0, 0.1) is 12.7 Å². The Hall–Kier alpha value is -2.36. The Morgan fingerprint density at radius 1 is 1.26 bits per heavy atom. The van der Waals surface area contributed by atoms with Crippen LogP contribution in [0.25, 0.3) is 0 Å². The van der Waals surface area contributed by atoms with E-state index in [-0.39, 0.29) is 17.9 Å². The van der Waals surface area contributed by atoms with E-state index in [1.54, 1.807) is 25.1 Å². The van der Waals surface area contributed by atoms with E-state index >= 15 is 0 Å². The van der Waals surface area contributed by atoms with Crippen molar-refractivity contribution in [1.82, 2.24) is 0 Å². The third kappa shape index (κ3) is 3.10. The first-order chi connectivity index (χ1) is 9.08. The van der Waals surface area contributed by atoms with Crippen LogP contribution < -0.4 is 0 Å². The van der Waals surface area contributed by atoms with E-state index in [2.05, 4.69) is 0 Å². The molecule has 2 aromatic carbocycles. The fraction of sp³-hybridized carbons (Fsp3) is 0.133. The number of benzene rings is 2. The summed E-state index contributed by atoms with van der Waals surface area (Å²) in [4.78, 5) is 11.8. The van der Waals surface area contributed by atoms with Crippen molar-refractivity contribution < 1.29 is 19.0 Å². The van der Waals surface area contributed by atoms with Crippen molar-refractivity contribution >= 4 is 5.97 Å². The topological polar surface area (TPSA) is 46.5 Å². The SMILES string of the molecule is Cc1ccc(C(=O)OCc2ccccc2F)c(O)c1. The maximum absolute atomic E-state index is 13.3. The molecular formula is C15H13FO3. The van der Waals surface area contributed by atoms with Crippen LogP contribution in [-0.4, -0.2) is 11.1 Å². The van der Waals surface area contributed by atoms with E-state index in [4.69, 9.17) is 4.74 Å². The molecule has 0 amide bonds. The van der Waals surface area contributed by atoms with E-state index in [1.165, 1.54) is 24.3 Å². The maximum atomic E-state index is 13.3. The van der Waals surface area contributed by atoms with E-state index in [0.29, 0.717) is 5.56 Å². The highest BCUT2D eigenvalue weighted by atomic mass is 19.1. The van der Waals surface area contributed by atoms with E-state index in [0.717, 1.165) is 5.56 Å². The van der Waals surface area contributed by atoms with Crippen molar-refractivity contribution in [3.8, 4) is 5.75 Å². The van der Waals surface area contributed by atoms with Crippen molar-refractivity contribution in [2.45, 2.75) is 13.5 Å². The fourth-order valence-corrected chi connectivity index (χ4v) is 1.65. The highest BCUT2D eigenvalue weighted by Gasteiger charge is 2.13. The van der Waals surface area contributed by atoms with Crippen molar-refractivity contribution in [3.05, 3.63) is 65.0 Å². The predicted molar refractivity (Wildman–Crippen MR) is 68.4 cm³/mol. The molecule has 0 fully saturated rings. The van der Waals surface area contributed by atoms with Crippen LogP contribution in [0.2, 0.25) is 0 Å². The molecule has 0 aromatic heterocycles. The quantitative estimate of drug-likeness (QED) is 0.862. The molecule has 1 N–H and O–H groups in total. The second-order valence-corrected chi connectivity index (χ2v) is 4.19. The number of phenolic OH excluding ortho intramolecular Hbond substituents is 1. The number of ether oxygens (including phenoxy) is 1. The summed E-state index contributed by atoms with van der Waals surface area (Å²) in [6, 6.07) is 10.7. The first-order valence-electron chi connectivity index (χ1n) is 5.78. The maximum Gasteiger partial charge on any atom is 0.342 e. The molecule has 0 bridgehead atoms. The Morgan fingerprint density at radius 2 is 2.00 bits per heavy atom. The molecular weight excluding hydrogens is 247 g/mol. The van der Waals surface area contributed by atoms with Gasteiger partial charge in [0.15, 0.2) is 0 Å². The van der Waals surface area contributed by atoms with Crippen LogP contribution in [0.3, 0.4) is 0 Å². The van der Waals surface area contributed by atoms with Gasteiger partial charge >= 0.3 is 5.97 Å². The zero-order valence-electron chi connectivity index (χ0n) is 10.4. The van der Waals surface area contributed by atoms with E-state index < -0.39 is 11.8 Å². The number of halogens is 1. The molecule has 4 heteroatoms. The van der Waals surface area contributed by atoms with Gasteiger partial charge in [-0.25, -0.2) is 9.18 Å². The fourth-order valence-electron chi connectivity index (χ4n) is 1.65. The third-order valence-corrected chi connectivity index (χ3v) is 2.69. The third-order valence-electron chi connectivity index (χ3n) is 2.69. The summed E-state index contributed by atoms with van der Waals surface area (Å²) in [5, 5.41) is 9.64. The summed E-state index contributed by atoms with van der Waals surface area (Å²) >= 11 is 0. The molecule has 0 saturated heterocycles. The van der Waals surface area contributed by atoms with Crippen LogP contribution in [0.5, 0.6) is 5.75 Å².